The van der Waals surface area contributed by atoms with E-state index in [-0.39, 0.29) is 17.1 Å². The maximum atomic E-state index is 13.3. The molecule has 18 heavy (non-hydrogen) atoms. The Kier molecular flexibility index (Phi) is 4.64. The second-order valence-corrected chi connectivity index (χ2v) is 4.41. The Balaban J connectivity index is 2.80. The molecule has 7 heteroatoms. The van der Waals surface area contributed by atoms with E-state index in [9.17, 15) is 17.6 Å². The molecule has 0 radical (unpaired) electrons. The van der Waals surface area contributed by atoms with E-state index in [2.05, 4.69) is 12.2 Å². The van der Waals surface area contributed by atoms with Crippen molar-refractivity contribution in [3.8, 4) is 0 Å². The molecule has 0 unspecified atom stereocenters. The van der Waals surface area contributed by atoms with Gasteiger partial charge in [0.15, 0.2) is 0 Å². The van der Waals surface area contributed by atoms with Crippen LogP contribution in [0, 0.1) is 5.82 Å². The van der Waals surface area contributed by atoms with E-state index in [1.807, 2.05) is 0 Å². The molecule has 0 aromatic heterocycles. The van der Waals surface area contributed by atoms with Gasteiger partial charge in [-0.2, -0.15) is 13.2 Å². The highest BCUT2D eigenvalue weighted by Crippen LogP contribution is 2.18. The van der Waals surface area contributed by atoms with Gasteiger partial charge in [0.05, 0.1) is 6.54 Å². The summed E-state index contributed by atoms with van der Waals surface area (Å²) in [5.41, 5.74) is 5.88. The van der Waals surface area contributed by atoms with E-state index in [1.165, 1.54) is 19.2 Å². The minimum absolute atomic E-state index is 0.0371. The summed E-state index contributed by atoms with van der Waals surface area (Å²) in [6.07, 6.45) is -4.26. The van der Waals surface area contributed by atoms with Gasteiger partial charge >= 0.3 is 6.18 Å². The van der Waals surface area contributed by atoms with Gasteiger partial charge in [-0.1, -0.05) is 18.3 Å². The molecule has 0 amide bonds. The van der Waals surface area contributed by atoms with Gasteiger partial charge in [0.2, 0.25) is 0 Å². The first kappa shape index (κ1) is 14.8. The SMILES string of the molecule is CN(Cc1ccc(F)c(C(N)=S)c1)CC(F)(F)F. The summed E-state index contributed by atoms with van der Waals surface area (Å²) >= 11 is 4.65. The number of benzene rings is 1. The first-order valence-electron chi connectivity index (χ1n) is 5.02. The van der Waals surface area contributed by atoms with Crippen LogP contribution in [0.5, 0.6) is 0 Å². The Morgan fingerprint density at radius 2 is 2.00 bits per heavy atom. The number of halogens is 4. The Morgan fingerprint density at radius 3 is 2.50 bits per heavy atom. The number of alkyl halides is 3. The molecule has 0 aliphatic carbocycles. The maximum Gasteiger partial charge on any atom is 0.401 e. The summed E-state index contributed by atoms with van der Waals surface area (Å²) in [6, 6.07) is 3.92. The molecule has 0 aliphatic rings. The van der Waals surface area contributed by atoms with Crippen LogP contribution in [0.1, 0.15) is 11.1 Å². The molecule has 1 rings (SSSR count). The molecule has 0 heterocycles. The van der Waals surface area contributed by atoms with E-state index in [0.29, 0.717) is 5.56 Å². The van der Waals surface area contributed by atoms with Crippen LogP contribution in [-0.4, -0.2) is 29.7 Å². The van der Waals surface area contributed by atoms with Crippen LogP contribution in [0.25, 0.3) is 0 Å². The van der Waals surface area contributed by atoms with Crippen molar-refractivity contribution in [2.45, 2.75) is 12.7 Å². The third-order valence-electron chi connectivity index (χ3n) is 2.20. The molecule has 0 atom stereocenters. The maximum absolute atomic E-state index is 13.3. The molecular formula is C11H12F4N2S. The average Bonchev–Trinajstić information content (AvgIpc) is 2.17. The number of hydrogen-bond acceptors (Lipinski definition) is 2. The normalized spacial score (nSPS) is 11.9. The van der Waals surface area contributed by atoms with E-state index in [4.69, 9.17) is 5.73 Å². The monoisotopic (exact) mass is 280 g/mol. The zero-order valence-corrected chi connectivity index (χ0v) is 10.4. The average molecular weight is 280 g/mol. The van der Waals surface area contributed by atoms with Gasteiger partial charge in [-0.25, -0.2) is 4.39 Å². The highest BCUT2D eigenvalue weighted by Gasteiger charge is 2.29. The summed E-state index contributed by atoms with van der Waals surface area (Å²) in [6.45, 7) is -0.998. The van der Waals surface area contributed by atoms with Crippen molar-refractivity contribution in [2.24, 2.45) is 5.73 Å². The minimum atomic E-state index is -4.26. The standard InChI is InChI=1S/C11H12F4N2S/c1-17(6-11(13,14)15)5-7-2-3-9(12)8(4-7)10(16)18/h2-4H,5-6H2,1H3,(H2,16,18). The lowest BCUT2D eigenvalue weighted by Gasteiger charge is -2.18. The van der Waals surface area contributed by atoms with E-state index >= 15 is 0 Å². The van der Waals surface area contributed by atoms with Gasteiger partial charge in [0.1, 0.15) is 10.8 Å². The van der Waals surface area contributed by atoms with Crippen molar-refractivity contribution in [1.82, 2.24) is 4.90 Å². The quantitative estimate of drug-likeness (QED) is 0.678. The third-order valence-corrected chi connectivity index (χ3v) is 2.42. The van der Waals surface area contributed by atoms with Gasteiger partial charge in [-0.3, -0.25) is 4.90 Å². The molecule has 2 nitrogen and oxygen atoms in total. The zero-order chi connectivity index (χ0) is 13.9. The molecule has 0 saturated heterocycles. The summed E-state index contributed by atoms with van der Waals surface area (Å²) in [5, 5.41) is 0. The van der Waals surface area contributed by atoms with E-state index in [0.717, 1.165) is 11.0 Å². The Bertz CT molecular complexity index is 445. The number of hydrogen-bond donors (Lipinski definition) is 1. The van der Waals surface area contributed by atoms with Crippen LogP contribution in [0.3, 0.4) is 0 Å². The van der Waals surface area contributed by atoms with Crippen LogP contribution in [0.4, 0.5) is 17.6 Å². The second-order valence-electron chi connectivity index (χ2n) is 3.97. The van der Waals surface area contributed by atoms with Gasteiger partial charge in [-0.15, -0.1) is 0 Å². The summed E-state index contributed by atoms with van der Waals surface area (Å²) in [5.74, 6) is -0.579. The van der Waals surface area contributed by atoms with Gasteiger partial charge in [0.25, 0.3) is 0 Å². The Hall–Kier alpha value is -1.21. The summed E-state index contributed by atoms with van der Waals surface area (Å²) in [7, 11) is 1.33. The molecule has 0 saturated carbocycles. The fourth-order valence-electron chi connectivity index (χ4n) is 1.53. The van der Waals surface area contributed by atoms with Gasteiger partial charge in [0, 0.05) is 12.1 Å². The highest BCUT2D eigenvalue weighted by atomic mass is 32.1. The van der Waals surface area contributed by atoms with E-state index < -0.39 is 18.5 Å². The molecule has 0 spiro atoms. The fraction of sp³-hybridized carbons (Fsp3) is 0.364. The largest absolute Gasteiger partial charge is 0.401 e. The number of nitrogens with zero attached hydrogens (tertiary/aromatic N) is 1. The molecule has 0 fully saturated rings. The van der Waals surface area contributed by atoms with Gasteiger partial charge in [-0.05, 0) is 24.7 Å². The predicted molar refractivity (Wildman–Crippen MR) is 64.7 cm³/mol. The van der Waals surface area contributed by atoms with Crippen molar-refractivity contribution < 1.29 is 17.6 Å². The second kappa shape index (κ2) is 5.62. The molecule has 0 bridgehead atoms. The first-order chi connectivity index (χ1) is 8.19. The van der Waals surface area contributed by atoms with Crippen LogP contribution in [-0.2, 0) is 6.54 Å². The fourth-order valence-corrected chi connectivity index (χ4v) is 1.69. The number of rotatable bonds is 4. The van der Waals surface area contributed by atoms with Crippen molar-refractivity contribution in [1.29, 1.82) is 0 Å². The van der Waals surface area contributed by atoms with Gasteiger partial charge < -0.3 is 5.73 Å². The lowest BCUT2D eigenvalue weighted by Crippen LogP contribution is -2.30. The predicted octanol–water partition coefficient (Wildman–Crippen LogP) is 2.45. The lowest BCUT2D eigenvalue weighted by atomic mass is 10.1. The van der Waals surface area contributed by atoms with Crippen molar-refractivity contribution >= 4 is 17.2 Å². The number of thiocarbonyl (C=S) groups is 1. The molecule has 1 aromatic carbocycles. The van der Waals surface area contributed by atoms with Crippen LogP contribution in [0.2, 0.25) is 0 Å². The zero-order valence-electron chi connectivity index (χ0n) is 9.59. The number of nitrogens with two attached hydrogens (primary N) is 1. The smallest absolute Gasteiger partial charge is 0.389 e. The Labute approximate surface area is 107 Å². The van der Waals surface area contributed by atoms with Crippen molar-refractivity contribution in [3.05, 3.63) is 35.1 Å². The molecule has 0 aliphatic heterocycles. The van der Waals surface area contributed by atoms with Crippen LogP contribution < -0.4 is 5.73 Å². The minimum Gasteiger partial charge on any atom is -0.389 e. The molecule has 100 valence electrons. The van der Waals surface area contributed by atoms with Crippen LogP contribution >= 0.6 is 12.2 Å². The highest BCUT2D eigenvalue weighted by molar-refractivity contribution is 7.80. The lowest BCUT2D eigenvalue weighted by molar-refractivity contribution is -0.144. The first-order valence-corrected chi connectivity index (χ1v) is 5.43. The summed E-state index contributed by atoms with van der Waals surface area (Å²) < 4.78 is 49.7. The Morgan fingerprint density at radius 1 is 1.39 bits per heavy atom. The van der Waals surface area contributed by atoms with Crippen LogP contribution in [0.15, 0.2) is 18.2 Å². The molecule has 1 aromatic rings. The molecule has 2 N–H and O–H groups in total. The van der Waals surface area contributed by atoms with Crippen molar-refractivity contribution in [3.63, 3.8) is 0 Å². The van der Waals surface area contributed by atoms with E-state index in [1.54, 1.807) is 0 Å². The van der Waals surface area contributed by atoms with Crippen molar-refractivity contribution in [2.75, 3.05) is 13.6 Å². The topological polar surface area (TPSA) is 29.3 Å². The molecular weight excluding hydrogens is 268 g/mol. The third kappa shape index (κ3) is 4.58. The summed E-state index contributed by atoms with van der Waals surface area (Å²) in [4.78, 5) is 0.962.